The number of aromatic hydroxyl groups is 1. The number of phenols is 1. The van der Waals surface area contributed by atoms with E-state index >= 15 is 0 Å². The predicted molar refractivity (Wildman–Crippen MR) is 68.3 cm³/mol. The smallest absolute Gasteiger partial charge is 0.501 e. The van der Waals surface area contributed by atoms with Gasteiger partial charge in [-0.05, 0) is 30.7 Å². The molecule has 0 aliphatic carbocycles. The molecule has 1 rings (SSSR count). The summed E-state index contributed by atoms with van der Waals surface area (Å²) in [6, 6.07) is 2.47. The SMILES string of the molecule is CCOc1cc(/C=C(/C(F)(F)F)S(=O)(=O)C(F)(F)F)ccc1O. The number of sulfone groups is 1. The maximum Gasteiger partial charge on any atom is 0.501 e. The summed E-state index contributed by atoms with van der Waals surface area (Å²) in [6.07, 6.45) is -5.93. The van der Waals surface area contributed by atoms with E-state index in [9.17, 15) is 39.9 Å². The molecular formula is C12H10F6O4S. The van der Waals surface area contributed by atoms with Crippen LogP contribution >= 0.6 is 0 Å². The molecule has 0 spiro atoms. The highest BCUT2D eigenvalue weighted by Crippen LogP contribution is 2.40. The first kappa shape index (κ1) is 19.1. The fraction of sp³-hybridized carbons (Fsp3) is 0.333. The van der Waals surface area contributed by atoms with E-state index in [0.717, 1.165) is 18.2 Å². The van der Waals surface area contributed by atoms with Crippen molar-refractivity contribution in [3.05, 3.63) is 28.7 Å². The Labute approximate surface area is 126 Å². The number of benzene rings is 1. The minimum atomic E-state index is -6.60. The standard InChI is InChI=1S/C12H10F6O4S/c1-2-22-9-5-7(3-4-8(9)19)6-10(11(13,14)15)23(20,21)12(16,17)18/h3-6,19H,2H2,1H3/b10-6-. The van der Waals surface area contributed by atoms with Crippen molar-refractivity contribution in [1.29, 1.82) is 0 Å². The van der Waals surface area contributed by atoms with Crippen molar-refractivity contribution in [1.82, 2.24) is 0 Å². The Morgan fingerprint density at radius 1 is 1.22 bits per heavy atom. The number of halogens is 6. The van der Waals surface area contributed by atoms with Crippen LogP contribution < -0.4 is 4.74 Å². The summed E-state index contributed by atoms with van der Waals surface area (Å²) in [4.78, 5) is -2.76. The van der Waals surface area contributed by atoms with Gasteiger partial charge in [0.1, 0.15) is 0 Å². The Morgan fingerprint density at radius 3 is 2.22 bits per heavy atom. The first-order valence-corrected chi connectivity index (χ1v) is 7.35. The van der Waals surface area contributed by atoms with Crippen LogP contribution in [0.5, 0.6) is 11.5 Å². The minimum Gasteiger partial charge on any atom is -0.504 e. The van der Waals surface area contributed by atoms with Gasteiger partial charge in [0.25, 0.3) is 9.84 Å². The molecule has 0 radical (unpaired) electrons. The molecule has 130 valence electrons. The second-order valence-corrected chi connectivity index (χ2v) is 6.03. The van der Waals surface area contributed by atoms with Crippen molar-refractivity contribution >= 4 is 15.9 Å². The van der Waals surface area contributed by atoms with Gasteiger partial charge >= 0.3 is 11.7 Å². The van der Waals surface area contributed by atoms with Gasteiger partial charge in [0.15, 0.2) is 16.4 Å². The van der Waals surface area contributed by atoms with Gasteiger partial charge in [-0.3, -0.25) is 0 Å². The third-order valence-electron chi connectivity index (χ3n) is 2.46. The van der Waals surface area contributed by atoms with Crippen LogP contribution in [-0.4, -0.2) is 31.8 Å². The molecular weight excluding hydrogens is 354 g/mol. The summed E-state index contributed by atoms with van der Waals surface area (Å²) in [5, 5.41) is 9.38. The fourth-order valence-electron chi connectivity index (χ4n) is 1.48. The van der Waals surface area contributed by atoms with Crippen LogP contribution in [-0.2, 0) is 9.84 Å². The second kappa shape index (κ2) is 6.30. The van der Waals surface area contributed by atoms with Crippen LogP contribution in [0.2, 0.25) is 0 Å². The number of allylic oxidation sites excluding steroid dienone is 1. The van der Waals surface area contributed by atoms with Gasteiger partial charge in [0, 0.05) is 0 Å². The molecule has 0 aromatic heterocycles. The zero-order chi connectivity index (χ0) is 18.1. The van der Waals surface area contributed by atoms with Crippen molar-refractivity contribution < 1.29 is 44.6 Å². The number of hydrogen-bond acceptors (Lipinski definition) is 4. The summed E-state index contributed by atoms with van der Waals surface area (Å²) < 4.78 is 102. The summed E-state index contributed by atoms with van der Waals surface area (Å²) in [5.41, 5.74) is -6.64. The first-order chi connectivity index (χ1) is 10.3. The van der Waals surface area contributed by atoms with E-state index < -0.39 is 37.7 Å². The lowest BCUT2D eigenvalue weighted by atomic mass is 10.2. The molecule has 11 heteroatoms. The van der Waals surface area contributed by atoms with E-state index in [1.165, 1.54) is 6.92 Å². The topological polar surface area (TPSA) is 63.6 Å². The van der Waals surface area contributed by atoms with Crippen LogP contribution in [0.15, 0.2) is 23.1 Å². The molecule has 0 aliphatic heterocycles. The van der Waals surface area contributed by atoms with E-state index in [0.29, 0.717) is 0 Å². The zero-order valence-corrected chi connectivity index (χ0v) is 12.2. The van der Waals surface area contributed by atoms with Gasteiger partial charge in [0.05, 0.1) is 6.61 Å². The first-order valence-electron chi connectivity index (χ1n) is 5.86. The number of ether oxygens (including phenoxy) is 1. The van der Waals surface area contributed by atoms with Gasteiger partial charge in [-0.2, -0.15) is 26.3 Å². The fourth-order valence-corrected chi connectivity index (χ4v) is 2.32. The van der Waals surface area contributed by atoms with Crippen LogP contribution in [0.4, 0.5) is 26.3 Å². The van der Waals surface area contributed by atoms with Crippen LogP contribution in [0.1, 0.15) is 12.5 Å². The van der Waals surface area contributed by atoms with E-state index in [1.807, 2.05) is 0 Å². The number of rotatable bonds is 4. The molecule has 0 amide bonds. The molecule has 0 saturated heterocycles. The second-order valence-electron chi connectivity index (χ2n) is 4.12. The normalized spacial score (nSPS) is 14.0. The van der Waals surface area contributed by atoms with E-state index in [2.05, 4.69) is 0 Å². The van der Waals surface area contributed by atoms with Gasteiger partial charge in [-0.25, -0.2) is 8.42 Å². The average molecular weight is 364 g/mol. The summed E-state index contributed by atoms with van der Waals surface area (Å²) >= 11 is 0. The van der Waals surface area contributed by atoms with Gasteiger partial charge in [-0.1, -0.05) is 6.07 Å². The predicted octanol–water partition coefficient (Wildman–Crippen LogP) is 3.63. The Morgan fingerprint density at radius 2 is 1.78 bits per heavy atom. The largest absolute Gasteiger partial charge is 0.504 e. The van der Waals surface area contributed by atoms with Crippen LogP contribution in [0.3, 0.4) is 0 Å². The monoisotopic (exact) mass is 364 g/mol. The van der Waals surface area contributed by atoms with Crippen molar-refractivity contribution in [3.8, 4) is 11.5 Å². The van der Waals surface area contributed by atoms with E-state index in [1.54, 1.807) is 0 Å². The highest BCUT2D eigenvalue weighted by molar-refractivity contribution is 7.96. The third-order valence-corrected chi connectivity index (χ3v) is 3.99. The molecule has 1 aromatic carbocycles. The molecule has 0 saturated carbocycles. The minimum absolute atomic E-state index is 0.0215. The van der Waals surface area contributed by atoms with Gasteiger partial charge in [0.2, 0.25) is 0 Å². The summed E-state index contributed by atoms with van der Waals surface area (Å²) in [5.74, 6) is -0.761. The van der Waals surface area contributed by atoms with Crippen LogP contribution in [0.25, 0.3) is 6.08 Å². The summed E-state index contributed by atoms with van der Waals surface area (Å²) in [7, 11) is -6.60. The molecule has 0 aliphatic rings. The summed E-state index contributed by atoms with van der Waals surface area (Å²) in [6.45, 7) is 1.52. The van der Waals surface area contributed by atoms with Gasteiger partial charge < -0.3 is 9.84 Å². The third kappa shape index (κ3) is 4.30. The molecule has 0 unspecified atom stereocenters. The highest BCUT2D eigenvalue weighted by atomic mass is 32.2. The van der Waals surface area contributed by atoms with Crippen molar-refractivity contribution in [2.75, 3.05) is 6.61 Å². The average Bonchev–Trinajstić information content (AvgIpc) is 2.36. The Kier molecular flexibility index (Phi) is 5.24. The highest BCUT2D eigenvalue weighted by Gasteiger charge is 2.56. The molecule has 23 heavy (non-hydrogen) atoms. The van der Waals surface area contributed by atoms with E-state index in [-0.39, 0.29) is 18.4 Å². The maximum absolute atomic E-state index is 12.7. The van der Waals surface area contributed by atoms with Crippen LogP contribution in [0, 0.1) is 0 Å². The van der Waals surface area contributed by atoms with E-state index in [4.69, 9.17) is 4.74 Å². The lowest BCUT2D eigenvalue weighted by molar-refractivity contribution is -0.0885. The molecule has 4 nitrogen and oxygen atoms in total. The lowest BCUT2D eigenvalue weighted by Crippen LogP contribution is -2.31. The van der Waals surface area contributed by atoms with Crippen molar-refractivity contribution in [2.24, 2.45) is 0 Å². The Balaban J connectivity index is 3.52. The number of hydrogen-bond donors (Lipinski definition) is 1. The molecule has 1 N–H and O–H groups in total. The quantitative estimate of drug-likeness (QED) is 0.829. The van der Waals surface area contributed by atoms with Crippen molar-refractivity contribution in [2.45, 2.75) is 18.6 Å². The molecule has 0 fully saturated rings. The Hall–Kier alpha value is -1.91. The van der Waals surface area contributed by atoms with Gasteiger partial charge in [-0.15, -0.1) is 0 Å². The number of alkyl halides is 6. The Bertz CT molecular complexity index is 703. The maximum atomic E-state index is 12.7. The zero-order valence-electron chi connectivity index (χ0n) is 11.4. The molecule has 0 bridgehead atoms. The van der Waals surface area contributed by atoms with Crippen molar-refractivity contribution in [3.63, 3.8) is 0 Å². The lowest BCUT2D eigenvalue weighted by Gasteiger charge is -2.15. The number of phenolic OH excluding ortho intramolecular Hbond substituents is 1. The molecule has 1 aromatic rings. The molecule has 0 atom stereocenters. The molecule has 0 heterocycles.